The Morgan fingerprint density at radius 3 is 2.70 bits per heavy atom. The van der Waals surface area contributed by atoms with Gasteiger partial charge < -0.3 is 15.1 Å². The molecule has 1 saturated heterocycles. The number of nitrogens with two attached hydrogens (primary N) is 1. The lowest BCUT2D eigenvalue weighted by molar-refractivity contribution is 0.277. The van der Waals surface area contributed by atoms with Crippen molar-refractivity contribution < 1.29 is 4.42 Å². The van der Waals surface area contributed by atoms with E-state index in [1.165, 1.54) is 12.8 Å². The Hall–Kier alpha value is -1.57. The number of rotatable bonds is 3. The molecule has 2 heterocycles. The summed E-state index contributed by atoms with van der Waals surface area (Å²) in [5.74, 6) is 2.01. The fraction of sp³-hybridized carbons (Fsp3) is 0.412. The monoisotopic (exact) mass is 426 g/mol. The molecule has 0 saturated carbocycles. The van der Waals surface area contributed by atoms with Gasteiger partial charge in [0.1, 0.15) is 12.0 Å². The van der Waals surface area contributed by atoms with Crippen LogP contribution >= 0.6 is 24.0 Å². The van der Waals surface area contributed by atoms with Gasteiger partial charge in [-0.25, -0.2) is 9.98 Å². The van der Waals surface area contributed by atoms with Gasteiger partial charge in [0.05, 0.1) is 6.54 Å². The number of halogens is 1. The first-order valence-corrected chi connectivity index (χ1v) is 7.77. The maximum atomic E-state index is 6.08. The summed E-state index contributed by atoms with van der Waals surface area (Å²) in [6.07, 6.45) is 4.01. The Bertz CT molecular complexity index is 633. The number of nitrogens with zero attached hydrogens (tertiary/aromatic N) is 3. The van der Waals surface area contributed by atoms with Gasteiger partial charge in [-0.2, -0.15) is 0 Å². The summed E-state index contributed by atoms with van der Waals surface area (Å²) in [5, 5.41) is 0. The number of oxazole rings is 1. The van der Waals surface area contributed by atoms with E-state index in [1.807, 2.05) is 30.3 Å². The Balaban J connectivity index is 0.00000192. The van der Waals surface area contributed by atoms with E-state index in [-0.39, 0.29) is 24.0 Å². The van der Waals surface area contributed by atoms with E-state index in [4.69, 9.17) is 10.2 Å². The van der Waals surface area contributed by atoms with Crippen molar-refractivity contribution in [3.8, 4) is 11.5 Å². The van der Waals surface area contributed by atoms with Crippen LogP contribution in [0.4, 0.5) is 0 Å². The minimum atomic E-state index is 0. The minimum Gasteiger partial charge on any atom is -0.444 e. The highest BCUT2D eigenvalue weighted by atomic mass is 127. The van der Waals surface area contributed by atoms with Crippen LogP contribution in [0.15, 0.2) is 46.0 Å². The molecule has 0 spiro atoms. The number of guanidine groups is 1. The Kier molecular flexibility index (Phi) is 6.44. The molecule has 5 nitrogen and oxygen atoms in total. The minimum absolute atomic E-state index is 0. The molecule has 2 aromatic rings. The quantitative estimate of drug-likeness (QED) is 0.464. The third-order valence-corrected chi connectivity index (χ3v) is 4.08. The first kappa shape index (κ1) is 17.8. The van der Waals surface area contributed by atoms with Gasteiger partial charge in [-0.3, -0.25) is 0 Å². The van der Waals surface area contributed by atoms with Gasteiger partial charge in [-0.15, -0.1) is 24.0 Å². The van der Waals surface area contributed by atoms with Crippen molar-refractivity contribution in [3.05, 3.63) is 42.3 Å². The lowest BCUT2D eigenvalue weighted by Crippen LogP contribution is -2.42. The summed E-state index contributed by atoms with van der Waals surface area (Å²) in [4.78, 5) is 11.1. The second-order valence-electron chi connectivity index (χ2n) is 5.85. The number of piperidine rings is 1. The van der Waals surface area contributed by atoms with Crippen LogP contribution in [0.5, 0.6) is 0 Å². The third kappa shape index (κ3) is 4.70. The van der Waals surface area contributed by atoms with E-state index in [1.54, 1.807) is 6.26 Å². The molecule has 124 valence electrons. The molecule has 1 aliphatic heterocycles. The number of likely N-dealkylation sites (tertiary alicyclic amines) is 1. The average Bonchev–Trinajstić information content (AvgIpc) is 3.03. The van der Waals surface area contributed by atoms with Crippen molar-refractivity contribution in [2.75, 3.05) is 13.1 Å². The summed E-state index contributed by atoms with van der Waals surface area (Å²) in [6.45, 7) is 4.72. The zero-order valence-corrected chi connectivity index (χ0v) is 15.6. The highest BCUT2D eigenvalue weighted by molar-refractivity contribution is 14.0. The molecular formula is C17H23IN4O. The largest absolute Gasteiger partial charge is 0.444 e. The third-order valence-electron chi connectivity index (χ3n) is 4.08. The van der Waals surface area contributed by atoms with Crippen LogP contribution in [-0.4, -0.2) is 28.9 Å². The lowest BCUT2D eigenvalue weighted by atomic mass is 10.00. The van der Waals surface area contributed by atoms with Gasteiger partial charge in [0.15, 0.2) is 5.96 Å². The number of hydrogen-bond acceptors (Lipinski definition) is 3. The zero-order chi connectivity index (χ0) is 15.4. The van der Waals surface area contributed by atoms with Crippen molar-refractivity contribution in [1.82, 2.24) is 9.88 Å². The summed E-state index contributed by atoms with van der Waals surface area (Å²) < 4.78 is 5.51. The van der Waals surface area contributed by atoms with E-state index >= 15 is 0 Å². The Morgan fingerprint density at radius 1 is 1.30 bits per heavy atom. The molecule has 1 aliphatic rings. The van der Waals surface area contributed by atoms with E-state index in [2.05, 4.69) is 21.8 Å². The van der Waals surface area contributed by atoms with Gasteiger partial charge in [0.2, 0.25) is 5.89 Å². The predicted molar refractivity (Wildman–Crippen MR) is 103 cm³/mol. The number of aromatic nitrogens is 1. The van der Waals surface area contributed by atoms with Gasteiger partial charge >= 0.3 is 0 Å². The van der Waals surface area contributed by atoms with Crippen LogP contribution in [0.2, 0.25) is 0 Å². The average molecular weight is 426 g/mol. The van der Waals surface area contributed by atoms with Crippen LogP contribution in [0, 0.1) is 5.92 Å². The highest BCUT2D eigenvalue weighted by Crippen LogP contribution is 2.19. The maximum Gasteiger partial charge on any atom is 0.226 e. The summed E-state index contributed by atoms with van der Waals surface area (Å²) in [7, 11) is 0. The molecule has 1 aromatic heterocycles. The van der Waals surface area contributed by atoms with Crippen molar-refractivity contribution >= 4 is 29.9 Å². The molecule has 0 atom stereocenters. The zero-order valence-electron chi connectivity index (χ0n) is 13.3. The van der Waals surface area contributed by atoms with Crippen molar-refractivity contribution in [1.29, 1.82) is 0 Å². The van der Waals surface area contributed by atoms with Crippen LogP contribution in [-0.2, 0) is 6.54 Å². The van der Waals surface area contributed by atoms with E-state index in [0.717, 1.165) is 30.3 Å². The first-order valence-electron chi connectivity index (χ1n) is 7.77. The Morgan fingerprint density at radius 2 is 2.00 bits per heavy atom. The molecule has 0 aliphatic carbocycles. The van der Waals surface area contributed by atoms with Crippen LogP contribution in [0.1, 0.15) is 25.5 Å². The smallest absolute Gasteiger partial charge is 0.226 e. The molecule has 0 amide bonds. The summed E-state index contributed by atoms with van der Waals surface area (Å²) in [6, 6.07) is 9.85. The molecule has 0 bridgehead atoms. The van der Waals surface area contributed by atoms with E-state index < -0.39 is 0 Å². The molecule has 1 fully saturated rings. The Labute approximate surface area is 154 Å². The van der Waals surface area contributed by atoms with Gasteiger partial charge in [0.25, 0.3) is 0 Å². The number of hydrogen-bond donors (Lipinski definition) is 1. The van der Waals surface area contributed by atoms with Gasteiger partial charge in [-0.1, -0.05) is 25.1 Å². The number of aliphatic imine (C=N–C) groups is 1. The molecule has 3 rings (SSSR count). The molecule has 0 radical (unpaired) electrons. The molecule has 6 heteroatoms. The summed E-state index contributed by atoms with van der Waals surface area (Å²) in [5.41, 5.74) is 7.84. The normalized spacial score (nSPS) is 16.2. The standard InChI is InChI=1S/C17H22N4O.HI/c1-13-7-9-21(10-8-13)17(18)19-11-15-12-22-16(20-15)14-5-3-2-4-6-14;/h2-6,12-13H,7-11H2,1H3,(H2,18,19);1H. The topological polar surface area (TPSA) is 67.7 Å². The maximum absolute atomic E-state index is 6.08. The molecule has 23 heavy (non-hydrogen) atoms. The number of benzene rings is 1. The summed E-state index contributed by atoms with van der Waals surface area (Å²) >= 11 is 0. The van der Waals surface area contributed by atoms with Crippen molar-refractivity contribution in [2.24, 2.45) is 16.6 Å². The second-order valence-corrected chi connectivity index (χ2v) is 5.85. The predicted octanol–water partition coefficient (Wildman–Crippen LogP) is 3.51. The lowest BCUT2D eigenvalue weighted by Gasteiger charge is -2.30. The van der Waals surface area contributed by atoms with Gasteiger partial charge in [0, 0.05) is 18.7 Å². The highest BCUT2D eigenvalue weighted by Gasteiger charge is 2.17. The second kappa shape index (κ2) is 8.33. The van der Waals surface area contributed by atoms with Crippen LogP contribution < -0.4 is 5.73 Å². The first-order chi connectivity index (χ1) is 10.7. The van der Waals surface area contributed by atoms with Crippen molar-refractivity contribution in [2.45, 2.75) is 26.3 Å². The van der Waals surface area contributed by atoms with Crippen LogP contribution in [0.25, 0.3) is 11.5 Å². The molecule has 0 unspecified atom stereocenters. The molecule has 1 aromatic carbocycles. The SMILES string of the molecule is CC1CCN(C(N)=NCc2coc(-c3ccccc3)n2)CC1.I. The molecular weight excluding hydrogens is 403 g/mol. The fourth-order valence-corrected chi connectivity index (χ4v) is 2.59. The fourth-order valence-electron chi connectivity index (χ4n) is 2.59. The molecule has 2 N–H and O–H groups in total. The van der Waals surface area contributed by atoms with E-state index in [0.29, 0.717) is 18.4 Å². The van der Waals surface area contributed by atoms with Crippen molar-refractivity contribution in [3.63, 3.8) is 0 Å². The van der Waals surface area contributed by atoms with Gasteiger partial charge in [-0.05, 0) is 30.9 Å². The van der Waals surface area contributed by atoms with E-state index in [9.17, 15) is 0 Å². The van der Waals surface area contributed by atoms with Crippen LogP contribution in [0.3, 0.4) is 0 Å².